The van der Waals surface area contributed by atoms with Crippen LogP contribution in [0.15, 0.2) is 30.3 Å². The van der Waals surface area contributed by atoms with Crippen molar-refractivity contribution in [2.24, 2.45) is 0 Å². The van der Waals surface area contributed by atoms with Crippen LogP contribution in [-0.2, 0) is 0 Å². The highest BCUT2D eigenvalue weighted by atomic mass is 28.3. The summed E-state index contributed by atoms with van der Waals surface area (Å²) in [5, 5.41) is 0.863. The van der Waals surface area contributed by atoms with Gasteiger partial charge < -0.3 is 0 Å². The third-order valence-electron chi connectivity index (χ3n) is 3.93. The summed E-state index contributed by atoms with van der Waals surface area (Å²) in [6.07, 6.45) is 0. The predicted octanol–water partition coefficient (Wildman–Crippen LogP) is 4.86. The summed E-state index contributed by atoms with van der Waals surface area (Å²) in [5.74, 6) is -1.24. The van der Waals surface area contributed by atoms with Crippen molar-refractivity contribution in [3.63, 3.8) is 0 Å². The minimum absolute atomic E-state index is 0.203. The normalized spacial score (nSPS) is 12.6. The van der Waals surface area contributed by atoms with E-state index in [1.54, 1.807) is 12.1 Å². The van der Waals surface area contributed by atoms with Gasteiger partial charge >= 0.3 is 0 Å². The summed E-state index contributed by atoms with van der Waals surface area (Å²) in [6.45, 7) is 11.9. The molecule has 0 saturated heterocycles. The van der Waals surface area contributed by atoms with E-state index in [2.05, 4.69) is 0 Å². The molecule has 0 aliphatic heterocycles. The second-order valence-electron chi connectivity index (χ2n) is 7.98. The lowest BCUT2D eigenvalue weighted by atomic mass is 10.0. The Morgan fingerprint density at radius 2 is 1.26 bits per heavy atom. The fraction of sp³-hybridized carbons (Fsp3) is 0.333. The van der Waals surface area contributed by atoms with Gasteiger partial charge in [0.1, 0.15) is 17.5 Å². The first-order valence-electron chi connectivity index (χ1n) is 7.72. The number of hydrogen-bond donors (Lipinski definition) is 0. The molecule has 0 radical (unpaired) electrons. The predicted molar refractivity (Wildman–Crippen MR) is 97.7 cm³/mol. The first-order chi connectivity index (χ1) is 10.4. The molecule has 0 atom stereocenters. The maximum Gasteiger partial charge on any atom is 0.133 e. The summed E-state index contributed by atoms with van der Waals surface area (Å²) >= 11 is 0. The maximum absolute atomic E-state index is 15.0. The summed E-state index contributed by atoms with van der Waals surface area (Å²) in [6, 6.07) is 7.47. The van der Waals surface area contributed by atoms with E-state index in [0.29, 0.717) is 16.3 Å². The van der Waals surface area contributed by atoms with Crippen molar-refractivity contribution < 1.29 is 13.2 Å². The number of benzene rings is 2. The lowest BCUT2D eigenvalue weighted by molar-refractivity contribution is 0.598. The van der Waals surface area contributed by atoms with Crippen LogP contribution in [-0.4, -0.2) is 16.1 Å². The van der Waals surface area contributed by atoms with Crippen LogP contribution in [0.25, 0.3) is 11.1 Å². The first-order valence-corrected chi connectivity index (χ1v) is 14.7. The largest absolute Gasteiger partial charge is 0.207 e. The van der Waals surface area contributed by atoms with Crippen LogP contribution in [0.4, 0.5) is 13.2 Å². The molecule has 0 N–H and O–H groups in total. The Morgan fingerprint density at radius 1 is 0.696 bits per heavy atom. The highest BCUT2D eigenvalue weighted by molar-refractivity contribution is 6.89. The Labute approximate surface area is 138 Å². The Bertz CT molecular complexity index is 741. The Balaban J connectivity index is 2.70. The molecule has 0 spiro atoms. The van der Waals surface area contributed by atoms with Gasteiger partial charge in [-0.1, -0.05) is 51.4 Å². The van der Waals surface area contributed by atoms with Crippen LogP contribution in [0.1, 0.15) is 0 Å². The average molecular weight is 353 g/mol. The van der Waals surface area contributed by atoms with E-state index < -0.39 is 27.8 Å². The molecule has 0 aromatic heterocycles. The second kappa shape index (κ2) is 5.94. The molecule has 0 unspecified atom stereocenters. The van der Waals surface area contributed by atoms with E-state index in [0.717, 1.165) is 0 Å². The van der Waals surface area contributed by atoms with Gasteiger partial charge in [0.2, 0.25) is 0 Å². The molecule has 0 fully saturated rings. The Hall–Kier alpha value is -1.34. The summed E-state index contributed by atoms with van der Waals surface area (Å²) in [5.41, 5.74) is 0.962. The lowest BCUT2D eigenvalue weighted by Gasteiger charge is -2.22. The molecule has 2 aromatic rings. The fourth-order valence-electron chi connectivity index (χ4n) is 2.73. The molecule has 0 nitrogen and oxygen atoms in total. The van der Waals surface area contributed by atoms with Crippen molar-refractivity contribution in [3.8, 4) is 11.1 Å². The van der Waals surface area contributed by atoms with Gasteiger partial charge in [-0.25, -0.2) is 13.2 Å². The van der Waals surface area contributed by atoms with Crippen LogP contribution >= 0.6 is 0 Å². The molecular formula is C18H23F3Si2. The molecule has 2 rings (SSSR count). The van der Waals surface area contributed by atoms with Crippen molar-refractivity contribution >= 4 is 26.5 Å². The topological polar surface area (TPSA) is 0 Å². The zero-order valence-corrected chi connectivity index (χ0v) is 16.5. The van der Waals surface area contributed by atoms with E-state index in [9.17, 15) is 13.2 Å². The third-order valence-corrected chi connectivity index (χ3v) is 7.88. The van der Waals surface area contributed by atoms with Crippen LogP contribution in [0.5, 0.6) is 0 Å². The smallest absolute Gasteiger partial charge is 0.133 e. The Morgan fingerprint density at radius 3 is 1.78 bits per heavy atom. The van der Waals surface area contributed by atoms with Gasteiger partial charge in [-0.15, -0.1) is 0 Å². The average Bonchev–Trinajstić information content (AvgIpc) is 2.37. The molecule has 0 amide bonds. The Kier molecular flexibility index (Phi) is 4.65. The molecule has 0 saturated carbocycles. The van der Waals surface area contributed by atoms with Crippen molar-refractivity contribution in [3.05, 3.63) is 47.8 Å². The zero-order chi connectivity index (χ0) is 17.6. The lowest BCUT2D eigenvalue weighted by Crippen LogP contribution is -2.43. The van der Waals surface area contributed by atoms with E-state index in [-0.39, 0.29) is 11.0 Å². The summed E-state index contributed by atoms with van der Waals surface area (Å²) in [4.78, 5) is 0. The molecule has 0 bridgehead atoms. The number of halogens is 3. The summed E-state index contributed by atoms with van der Waals surface area (Å²) in [7, 11) is -4.05. The molecule has 23 heavy (non-hydrogen) atoms. The van der Waals surface area contributed by atoms with Gasteiger partial charge in [0.05, 0.1) is 16.1 Å². The third kappa shape index (κ3) is 3.61. The van der Waals surface area contributed by atoms with Crippen molar-refractivity contribution in [1.82, 2.24) is 0 Å². The van der Waals surface area contributed by atoms with E-state index in [4.69, 9.17) is 0 Å². The van der Waals surface area contributed by atoms with Crippen LogP contribution < -0.4 is 10.4 Å². The highest BCUT2D eigenvalue weighted by Gasteiger charge is 2.28. The van der Waals surface area contributed by atoms with Crippen molar-refractivity contribution in [1.29, 1.82) is 0 Å². The number of hydrogen-bond acceptors (Lipinski definition) is 0. The molecule has 2 aromatic carbocycles. The molecule has 0 aliphatic carbocycles. The van der Waals surface area contributed by atoms with Crippen LogP contribution in [0, 0.1) is 17.5 Å². The van der Waals surface area contributed by atoms with Gasteiger partial charge in [-0.3, -0.25) is 0 Å². The minimum Gasteiger partial charge on any atom is -0.207 e. The van der Waals surface area contributed by atoms with E-state index in [1.165, 1.54) is 18.2 Å². The van der Waals surface area contributed by atoms with Gasteiger partial charge in [-0.05, 0) is 28.9 Å². The van der Waals surface area contributed by atoms with E-state index >= 15 is 0 Å². The second-order valence-corrected chi connectivity index (χ2v) is 18.0. The van der Waals surface area contributed by atoms with Crippen LogP contribution in [0.3, 0.4) is 0 Å². The standard InChI is InChI=1S/C18H23F3Si2/c1-22(2,3)16-11-12(7-9-14(16)19)13-8-10-15(20)18(17(13)21)23(4,5)6/h7-11H,1-6H3. The molecule has 0 heterocycles. The number of rotatable bonds is 3. The quantitative estimate of drug-likeness (QED) is 0.692. The minimum atomic E-state index is -2.16. The molecular weight excluding hydrogens is 329 g/mol. The zero-order valence-electron chi connectivity index (χ0n) is 14.5. The first kappa shape index (κ1) is 18.0. The summed E-state index contributed by atoms with van der Waals surface area (Å²) < 4.78 is 43.2. The van der Waals surface area contributed by atoms with Gasteiger partial charge in [0.25, 0.3) is 0 Å². The SMILES string of the molecule is C[Si](C)(C)c1cc(-c2ccc(F)c([Si](C)(C)C)c2F)ccc1F. The molecule has 0 aliphatic rings. The molecule has 124 valence electrons. The van der Waals surface area contributed by atoms with Gasteiger partial charge in [-0.2, -0.15) is 0 Å². The van der Waals surface area contributed by atoms with Gasteiger partial charge in [0.15, 0.2) is 0 Å². The highest BCUT2D eigenvalue weighted by Crippen LogP contribution is 2.25. The monoisotopic (exact) mass is 352 g/mol. The van der Waals surface area contributed by atoms with E-state index in [1.807, 2.05) is 39.3 Å². The van der Waals surface area contributed by atoms with Gasteiger partial charge in [0, 0.05) is 10.8 Å². The van der Waals surface area contributed by atoms with Crippen molar-refractivity contribution in [2.45, 2.75) is 39.3 Å². The van der Waals surface area contributed by atoms with Crippen molar-refractivity contribution in [2.75, 3.05) is 0 Å². The fourth-order valence-corrected chi connectivity index (χ4v) is 5.71. The maximum atomic E-state index is 15.0. The van der Waals surface area contributed by atoms with Crippen LogP contribution in [0.2, 0.25) is 39.3 Å². The molecule has 5 heteroatoms.